The number of aromatic carboxylic acids is 1. The lowest BCUT2D eigenvalue weighted by Gasteiger charge is -2.11. The van der Waals surface area contributed by atoms with Gasteiger partial charge in [0, 0.05) is 29.7 Å². The summed E-state index contributed by atoms with van der Waals surface area (Å²) in [6.07, 6.45) is 1.79. The van der Waals surface area contributed by atoms with Gasteiger partial charge in [0.25, 0.3) is 0 Å². The molecule has 0 amide bonds. The van der Waals surface area contributed by atoms with Crippen LogP contribution in [0.3, 0.4) is 0 Å². The molecule has 1 heterocycles. The Morgan fingerprint density at radius 1 is 1.56 bits per heavy atom. The number of nitrogens with one attached hydrogen (secondary N) is 1. The van der Waals surface area contributed by atoms with Crippen molar-refractivity contribution >= 4 is 23.0 Å². The zero-order valence-electron chi connectivity index (χ0n) is 9.96. The number of carbonyl (C=O) groups is 1. The van der Waals surface area contributed by atoms with E-state index in [0.29, 0.717) is 11.5 Å². The maximum Gasteiger partial charge on any atom is 0.335 e. The minimum absolute atomic E-state index is 0.293. The van der Waals surface area contributed by atoms with Crippen LogP contribution in [0.1, 0.15) is 28.2 Å². The van der Waals surface area contributed by atoms with E-state index in [1.807, 2.05) is 11.4 Å². The molecule has 0 bridgehead atoms. The zero-order chi connectivity index (χ0) is 13.0. The van der Waals surface area contributed by atoms with E-state index in [-0.39, 0.29) is 0 Å². The zero-order valence-corrected chi connectivity index (χ0v) is 10.8. The van der Waals surface area contributed by atoms with Crippen LogP contribution in [0.15, 0.2) is 35.8 Å². The first-order chi connectivity index (χ1) is 8.66. The van der Waals surface area contributed by atoms with Gasteiger partial charge >= 0.3 is 5.97 Å². The Hall–Kier alpha value is -1.88. The van der Waals surface area contributed by atoms with Crippen LogP contribution >= 0.6 is 11.3 Å². The molecular formula is C13H14N2O2S. The van der Waals surface area contributed by atoms with Crippen LogP contribution in [0.4, 0.5) is 5.69 Å². The highest BCUT2D eigenvalue weighted by atomic mass is 32.1. The molecule has 0 fully saturated rings. The fourth-order valence-corrected chi connectivity index (χ4v) is 2.30. The molecule has 18 heavy (non-hydrogen) atoms. The van der Waals surface area contributed by atoms with Crippen molar-refractivity contribution in [2.45, 2.75) is 12.8 Å². The first-order valence-corrected chi connectivity index (χ1v) is 6.51. The molecule has 1 unspecified atom stereocenters. The number of carboxylic acid groups (broad SMARTS) is 1. The van der Waals surface area contributed by atoms with Crippen LogP contribution in [0.5, 0.6) is 0 Å². The fourth-order valence-electron chi connectivity index (χ4n) is 1.60. The third-order valence-corrected chi connectivity index (χ3v) is 3.60. The highest BCUT2D eigenvalue weighted by molar-refractivity contribution is 7.09. The first kappa shape index (κ1) is 12.6. The molecule has 0 aliphatic rings. The van der Waals surface area contributed by atoms with Gasteiger partial charge in [-0.15, -0.1) is 11.3 Å². The van der Waals surface area contributed by atoms with E-state index in [0.717, 1.165) is 17.2 Å². The Morgan fingerprint density at radius 2 is 2.39 bits per heavy atom. The largest absolute Gasteiger partial charge is 0.478 e. The van der Waals surface area contributed by atoms with E-state index in [1.54, 1.807) is 35.7 Å². The van der Waals surface area contributed by atoms with Gasteiger partial charge in [0.15, 0.2) is 0 Å². The molecule has 0 saturated heterocycles. The van der Waals surface area contributed by atoms with Crippen LogP contribution in [0.2, 0.25) is 0 Å². The maximum absolute atomic E-state index is 10.8. The van der Waals surface area contributed by atoms with E-state index < -0.39 is 5.97 Å². The fraction of sp³-hybridized carbons (Fsp3) is 0.231. The lowest BCUT2D eigenvalue weighted by molar-refractivity contribution is 0.0697. The molecule has 2 rings (SSSR count). The first-order valence-electron chi connectivity index (χ1n) is 5.63. The van der Waals surface area contributed by atoms with E-state index in [2.05, 4.69) is 17.2 Å². The van der Waals surface area contributed by atoms with Crippen LogP contribution in [0.25, 0.3) is 0 Å². The maximum atomic E-state index is 10.8. The van der Waals surface area contributed by atoms with E-state index >= 15 is 0 Å². The highest BCUT2D eigenvalue weighted by Crippen LogP contribution is 2.19. The smallest absolute Gasteiger partial charge is 0.335 e. The lowest BCUT2D eigenvalue weighted by atomic mass is 10.1. The molecule has 94 valence electrons. The van der Waals surface area contributed by atoms with Gasteiger partial charge in [-0.25, -0.2) is 9.78 Å². The summed E-state index contributed by atoms with van der Waals surface area (Å²) in [7, 11) is 0. The van der Waals surface area contributed by atoms with E-state index in [1.165, 1.54) is 0 Å². The van der Waals surface area contributed by atoms with Crippen molar-refractivity contribution < 1.29 is 9.90 Å². The molecule has 0 saturated carbocycles. The van der Waals surface area contributed by atoms with Crippen molar-refractivity contribution in [3.05, 3.63) is 46.4 Å². The second kappa shape index (κ2) is 5.64. The average molecular weight is 262 g/mol. The quantitative estimate of drug-likeness (QED) is 0.869. The second-order valence-electron chi connectivity index (χ2n) is 4.04. The van der Waals surface area contributed by atoms with Crippen LogP contribution in [-0.2, 0) is 0 Å². The molecule has 0 radical (unpaired) electrons. The molecular weight excluding hydrogens is 248 g/mol. The third-order valence-electron chi connectivity index (χ3n) is 2.59. The summed E-state index contributed by atoms with van der Waals surface area (Å²) in [6, 6.07) is 6.82. The number of nitrogens with zero attached hydrogens (tertiary/aromatic N) is 1. The Kier molecular flexibility index (Phi) is 3.94. The van der Waals surface area contributed by atoms with Gasteiger partial charge in [0.05, 0.1) is 10.6 Å². The lowest BCUT2D eigenvalue weighted by Crippen LogP contribution is -2.10. The van der Waals surface area contributed by atoms with Crippen LogP contribution in [0, 0.1) is 0 Å². The summed E-state index contributed by atoms with van der Waals surface area (Å²) < 4.78 is 0. The average Bonchev–Trinajstić information content (AvgIpc) is 2.90. The number of hydrogen-bond acceptors (Lipinski definition) is 4. The minimum atomic E-state index is -0.911. The Labute approximate surface area is 109 Å². The molecule has 0 spiro atoms. The number of benzene rings is 1. The molecule has 1 atom stereocenters. The SMILES string of the molecule is CC(CNc1cccc(C(=O)O)c1)c1nccs1. The molecule has 2 N–H and O–H groups in total. The highest BCUT2D eigenvalue weighted by Gasteiger charge is 2.08. The molecule has 5 heteroatoms. The van der Waals surface area contributed by atoms with Gasteiger partial charge in [0.2, 0.25) is 0 Å². The standard InChI is InChI=1S/C13H14N2O2S/c1-9(12-14-5-6-18-12)8-15-11-4-2-3-10(7-11)13(16)17/h2-7,9,15H,8H2,1H3,(H,16,17). The van der Waals surface area contributed by atoms with Gasteiger partial charge in [-0.3, -0.25) is 0 Å². The number of thiazole rings is 1. The third kappa shape index (κ3) is 3.07. The molecule has 2 aromatic rings. The molecule has 4 nitrogen and oxygen atoms in total. The summed E-state index contributed by atoms with van der Waals surface area (Å²) in [4.78, 5) is 15.1. The van der Waals surface area contributed by atoms with Gasteiger partial charge in [-0.2, -0.15) is 0 Å². The number of anilines is 1. The molecule has 1 aromatic heterocycles. The van der Waals surface area contributed by atoms with Crippen molar-refractivity contribution in [3.8, 4) is 0 Å². The number of carboxylic acids is 1. The van der Waals surface area contributed by atoms with Crippen molar-refractivity contribution in [1.82, 2.24) is 4.98 Å². The van der Waals surface area contributed by atoms with Crippen LogP contribution < -0.4 is 5.32 Å². The molecule has 1 aromatic carbocycles. The van der Waals surface area contributed by atoms with Crippen molar-refractivity contribution in [2.24, 2.45) is 0 Å². The predicted molar refractivity (Wildman–Crippen MR) is 72.4 cm³/mol. The second-order valence-corrected chi connectivity index (χ2v) is 4.96. The molecule has 0 aliphatic carbocycles. The normalized spacial score (nSPS) is 12.1. The topological polar surface area (TPSA) is 62.2 Å². The summed E-state index contributed by atoms with van der Waals surface area (Å²) in [5, 5.41) is 15.2. The Morgan fingerprint density at radius 3 is 3.06 bits per heavy atom. The summed E-state index contributed by atoms with van der Waals surface area (Å²) >= 11 is 1.63. The summed E-state index contributed by atoms with van der Waals surface area (Å²) in [5.74, 6) is -0.606. The number of hydrogen-bond donors (Lipinski definition) is 2. The predicted octanol–water partition coefficient (Wildman–Crippen LogP) is 3.06. The van der Waals surface area contributed by atoms with Gasteiger partial charge in [0.1, 0.15) is 0 Å². The van der Waals surface area contributed by atoms with E-state index in [4.69, 9.17) is 5.11 Å². The Balaban J connectivity index is 1.98. The molecule has 0 aliphatic heterocycles. The van der Waals surface area contributed by atoms with Gasteiger partial charge < -0.3 is 10.4 Å². The van der Waals surface area contributed by atoms with Crippen molar-refractivity contribution in [2.75, 3.05) is 11.9 Å². The van der Waals surface area contributed by atoms with Crippen molar-refractivity contribution in [1.29, 1.82) is 0 Å². The van der Waals surface area contributed by atoms with Gasteiger partial charge in [-0.1, -0.05) is 13.0 Å². The minimum Gasteiger partial charge on any atom is -0.478 e. The van der Waals surface area contributed by atoms with Crippen molar-refractivity contribution in [3.63, 3.8) is 0 Å². The number of rotatable bonds is 5. The monoisotopic (exact) mass is 262 g/mol. The van der Waals surface area contributed by atoms with Crippen LogP contribution in [-0.4, -0.2) is 22.6 Å². The number of aromatic nitrogens is 1. The summed E-state index contributed by atoms with van der Waals surface area (Å²) in [6.45, 7) is 2.82. The van der Waals surface area contributed by atoms with E-state index in [9.17, 15) is 4.79 Å². The van der Waals surface area contributed by atoms with Gasteiger partial charge in [-0.05, 0) is 18.2 Å². The summed E-state index contributed by atoms with van der Waals surface area (Å²) in [5.41, 5.74) is 1.11. The Bertz CT molecular complexity index is 526.